The van der Waals surface area contributed by atoms with Crippen molar-refractivity contribution in [3.8, 4) is 0 Å². The molecule has 3 rings (SSSR count). The number of rotatable bonds is 3. The Morgan fingerprint density at radius 2 is 2.19 bits per heavy atom. The van der Waals surface area contributed by atoms with Crippen LogP contribution in [0.25, 0.3) is 0 Å². The Balaban J connectivity index is 1.94. The van der Waals surface area contributed by atoms with E-state index in [4.69, 9.17) is 0 Å². The average molecular weight is 349 g/mol. The lowest BCUT2D eigenvalue weighted by atomic mass is 10.1. The molecule has 21 heavy (non-hydrogen) atoms. The fourth-order valence-electron chi connectivity index (χ4n) is 2.07. The van der Waals surface area contributed by atoms with Gasteiger partial charge in [0.25, 0.3) is 11.5 Å². The van der Waals surface area contributed by atoms with Crippen molar-refractivity contribution in [2.75, 3.05) is 5.32 Å². The molecule has 1 fully saturated rings. The van der Waals surface area contributed by atoms with Crippen molar-refractivity contribution in [2.45, 2.75) is 18.8 Å². The second-order valence-electron chi connectivity index (χ2n) is 5.01. The summed E-state index contributed by atoms with van der Waals surface area (Å²) in [6.07, 6.45) is 6.77. The van der Waals surface area contributed by atoms with E-state index in [9.17, 15) is 9.59 Å². The van der Waals surface area contributed by atoms with Gasteiger partial charge in [0.2, 0.25) is 0 Å². The zero-order valence-electron chi connectivity index (χ0n) is 11.3. The van der Waals surface area contributed by atoms with Gasteiger partial charge in [-0.2, -0.15) is 0 Å². The number of carbonyl (C=O) groups excluding carboxylic acids is 1. The summed E-state index contributed by atoms with van der Waals surface area (Å²) in [5, 5.41) is 2.57. The molecule has 7 heteroatoms. The molecule has 0 bridgehead atoms. The third kappa shape index (κ3) is 2.87. The fraction of sp³-hybridized carbons (Fsp3) is 0.286. The lowest BCUT2D eigenvalue weighted by molar-refractivity contribution is 0.102. The van der Waals surface area contributed by atoms with Crippen LogP contribution < -0.4 is 10.9 Å². The van der Waals surface area contributed by atoms with Crippen LogP contribution in [0, 0.1) is 0 Å². The molecule has 1 saturated carbocycles. The van der Waals surface area contributed by atoms with E-state index in [1.165, 1.54) is 17.0 Å². The molecule has 0 aromatic carbocycles. The molecule has 6 nitrogen and oxygen atoms in total. The van der Waals surface area contributed by atoms with Gasteiger partial charge >= 0.3 is 0 Å². The van der Waals surface area contributed by atoms with Crippen LogP contribution in [0.4, 0.5) is 5.82 Å². The minimum absolute atomic E-state index is 0.0201. The number of hydrogen-bond donors (Lipinski definition) is 1. The van der Waals surface area contributed by atoms with E-state index in [2.05, 4.69) is 31.2 Å². The van der Waals surface area contributed by atoms with Crippen LogP contribution in [0.3, 0.4) is 0 Å². The number of pyridine rings is 1. The third-order valence-corrected chi connectivity index (χ3v) is 3.78. The molecule has 2 aromatic rings. The zero-order chi connectivity index (χ0) is 15.0. The SMILES string of the molecule is Cn1ccnc(NC(=O)c2cc(Br)cnc2C2CC2)c1=O. The predicted molar refractivity (Wildman–Crippen MR) is 81.3 cm³/mol. The van der Waals surface area contributed by atoms with E-state index in [1.54, 1.807) is 19.3 Å². The van der Waals surface area contributed by atoms with Gasteiger partial charge in [-0.3, -0.25) is 14.6 Å². The second-order valence-corrected chi connectivity index (χ2v) is 5.92. The summed E-state index contributed by atoms with van der Waals surface area (Å²) in [5.41, 5.74) is 0.921. The average Bonchev–Trinajstić information content (AvgIpc) is 3.28. The maximum atomic E-state index is 12.4. The Morgan fingerprint density at radius 3 is 2.90 bits per heavy atom. The Labute approximate surface area is 129 Å². The third-order valence-electron chi connectivity index (χ3n) is 3.34. The Morgan fingerprint density at radius 1 is 1.43 bits per heavy atom. The number of amides is 1. The quantitative estimate of drug-likeness (QED) is 0.920. The molecule has 0 spiro atoms. The number of nitrogens with one attached hydrogen (secondary N) is 1. The first kappa shape index (κ1) is 13.9. The molecule has 0 radical (unpaired) electrons. The van der Waals surface area contributed by atoms with Gasteiger partial charge in [-0.15, -0.1) is 0 Å². The van der Waals surface area contributed by atoms with Crippen molar-refractivity contribution in [3.63, 3.8) is 0 Å². The predicted octanol–water partition coefficient (Wildman–Crippen LogP) is 2.07. The van der Waals surface area contributed by atoms with Crippen molar-refractivity contribution in [3.05, 3.63) is 50.7 Å². The van der Waals surface area contributed by atoms with Crippen molar-refractivity contribution in [1.82, 2.24) is 14.5 Å². The number of halogens is 1. The number of aromatic nitrogens is 3. The summed E-state index contributed by atoms with van der Waals surface area (Å²) in [4.78, 5) is 32.6. The maximum Gasteiger partial charge on any atom is 0.293 e. The van der Waals surface area contributed by atoms with Crippen LogP contribution in [0.1, 0.15) is 34.8 Å². The van der Waals surface area contributed by atoms with E-state index in [-0.39, 0.29) is 17.3 Å². The first-order valence-corrected chi connectivity index (χ1v) is 7.34. The summed E-state index contributed by atoms with van der Waals surface area (Å²) >= 11 is 3.32. The van der Waals surface area contributed by atoms with Crippen molar-refractivity contribution >= 4 is 27.7 Å². The normalized spacial score (nSPS) is 14.0. The number of carbonyl (C=O) groups is 1. The maximum absolute atomic E-state index is 12.4. The molecular weight excluding hydrogens is 336 g/mol. The Hall–Kier alpha value is -2.02. The lowest BCUT2D eigenvalue weighted by Gasteiger charge is -2.09. The molecule has 0 unspecified atom stereocenters. The van der Waals surface area contributed by atoms with Gasteiger partial charge in [-0.1, -0.05) is 0 Å². The van der Waals surface area contributed by atoms with E-state index in [1.807, 2.05) is 0 Å². The lowest BCUT2D eigenvalue weighted by Crippen LogP contribution is -2.25. The van der Waals surface area contributed by atoms with Crippen molar-refractivity contribution in [2.24, 2.45) is 7.05 Å². The van der Waals surface area contributed by atoms with Crippen LogP contribution in [-0.2, 0) is 7.05 Å². The van der Waals surface area contributed by atoms with E-state index < -0.39 is 0 Å². The van der Waals surface area contributed by atoms with Gasteiger partial charge in [0, 0.05) is 36.0 Å². The Bertz CT molecular complexity index is 768. The van der Waals surface area contributed by atoms with Gasteiger partial charge in [0.15, 0.2) is 5.82 Å². The summed E-state index contributed by atoms with van der Waals surface area (Å²) < 4.78 is 2.09. The summed E-state index contributed by atoms with van der Waals surface area (Å²) in [6.45, 7) is 0. The monoisotopic (exact) mass is 348 g/mol. The number of nitrogens with zero attached hydrogens (tertiary/aromatic N) is 3. The zero-order valence-corrected chi connectivity index (χ0v) is 12.9. The van der Waals surface area contributed by atoms with Crippen LogP contribution in [0.15, 0.2) is 33.9 Å². The van der Waals surface area contributed by atoms with Crippen molar-refractivity contribution < 1.29 is 4.79 Å². The topological polar surface area (TPSA) is 76.9 Å². The number of aryl methyl sites for hydroxylation is 1. The molecule has 0 saturated heterocycles. The largest absolute Gasteiger partial charge is 0.314 e. The minimum Gasteiger partial charge on any atom is -0.314 e. The molecule has 1 aliphatic carbocycles. The van der Waals surface area contributed by atoms with Crippen LogP contribution >= 0.6 is 15.9 Å². The highest BCUT2D eigenvalue weighted by Crippen LogP contribution is 2.41. The first-order chi connectivity index (χ1) is 10.1. The van der Waals surface area contributed by atoms with E-state index in [0.717, 1.165) is 23.0 Å². The van der Waals surface area contributed by atoms with Crippen LogP contribution in [-0.4, -0.2) is 20.4 Å². The smallest absolute Gasteiger partial charge is 0.293 e. The van der Waals surface area contributed by atoms with Gasteiger partial charge in [0.05, 0.1) is 11.3 Å². The highest BCUT2D eigenvalue weighted by Gasteiger charge is 2.30. The highest BCUT2D eigenvalue weighted by molar-refractivity contribution is 9.10. The van der Waals surface area contributed by atoms with Crippen molar-refractivity contribution in [1.29, 1.82) is 0 Å². The molecule has 1 N–H and O–H groups in total. The van der Waals surface area contributed by atoms with E-state index in [0.29, 0.717) is 11.5 Å². The summed E-state index contributed by atoms with van der Waals surface area (Å²) in [6, 6.07) is 1.73. The first-order valence-electron chi connectivity index (χ1n) is 6.54. The molecule has 2 heterocycles. The number of hydrogen-bond acceptors (Lipinski definition) is 4. The molecule has 2 aromatic heterocycles. The van der Waals surface area contributed by atoms with Crippen LogP contribution in [0.5, 0.6) is 0 Å². The standard InChI is InChI=1S/C14H13BrN4O2/c1-19-5-4-16-12(14(19)21)18-13(20)10-6-9(15)7-17-11(10)8-2-3-8/h4-8H,2-3H2,1H3,(H,16,18,20). The highest BCUT2D eigenvalue weighted by atomic mass is 79.9. The molecule has 1 amide bonds. The van der Waals surface area contributed by atoms with Gasteiger partial charge in [-0.25, -0.2) is 4.98 Å². The molecular formula is C14H13BrN4O2. The molecule has 0 atom stereocenters. The summed E-state index contributed by atoms with van der Waals surface area (Å²) in [7, 11) is 1.61. The fourth-order valence-corrected chi connectivity index (χ4v) is 2.40. The van der Waals surface area contributed by atoms with E-state index >= 15 is 0 Å². The molecule has 0 aliphatic heterocycles. The Kier molecular flexibility index (Phi) is 3.59. The van der Waals surface area contributed by atoms with Gasteiger partial charge in [0.1, 0.15) is 0 Å². The molecule has 108 valence electrons. The van der Waals surface area contributed by atoms with Gasteiger partial charge < -0.3 is 9.88 Å². The number of anilines is 1. The molecule has 1 aliphatic rings. The van der Waals surface area contributed by atoms with Gasteiger partial charge in [-0.05, 0) is 34.8 Å². The van der Waals surface area contributed by atoms with Crippen LogP contribution in [0.2, 0.25) is 0 Å². The summed E-state index contributed by atoms with van der Waals surface area (Å²) in [5.74, 6) is -0.00126. The minimum atomic E-state index is -0.360. The second kappa shape index (κ2) is 5.40.